The molecular formula is C22H29N5O5. The third kappa shape index (κ3) is 4.10. The Morgan fingerprint density at radius 3 is 2.31 bits per heavy atom. The van der Waals surface area contributed by atoms with Crippen LogP contribution in [0.1, 0.15) is 25.3 Å². The van der Waals surface area contributed by atoms with Crippen molar-refractivity contribution in [3.05, 3.63) is 47.0 Å². The van der Waals surface area contributed by atoms with Crippen molar-refractivity contribution in [2.45, 2.75) is 25.3 Å². The van der Waals surface area contributed by atoms with Gasteiger partial charge >= 0.3 is 5.69 Å². The van der Waals surface area contributed by atoms with Crippen molar-refractivity contribution in [3.8, 4) is 5.88 Å². The predicted octanol–water partition coefficient (Wildman–Crippen LogP) is 0.704. The Bertz CT molecular complexity index is 1030. The van der Waals surface area contributed by atoms with E-state index in [2.05, 4.69) is 4.90 Å². The van der Waals surface area contributed by atoms with E-state index < -0.39 is 23.8 Å². The van der Waals surface area contributed by atoms with Crippen molar-refractivity contribution in [1.29, 1.82) is 0 Å². The molecule has 1 saturated carbocycles. The highest BCUT2D eigenvalue weighted by molar-refractivity contribution is 5.87. The Labute approximate surface area is 185 Å². The number of hydroxylamine groups is 1. The molecule has 172 valence electrons. The molecule has 32 heavy (non-hydrogen) atoms. The number of carbonyl (C=O) groups excluding carboxylic acids is 2. The summed E-state index contributed by atoms with van der Waals surface area (Å²) in [5.74, 6) is -2.28. The number of para-hydroxylation sites is 1. The van der Waals surface area contributed by atoms with Crippen LogP contribution in [0.5, 0.6) is 5.88 Å². The number of aromatic nitrogens is 2. The maximum Gasteiger partial charge on any atom is 0.331 e. The third-order valence-electron chi connectivity index (χ3n) is 6.73. The fourth-order valence-corrected chi connectivity index (χ4v) is 5.01. The summed E-state index contributed by atoms with van der Waals surface area (Å²) >= 11 is 0. The first-order chi connectivity index (χ1) is 15.4. The summed E-state index contributed by atoms with van der Waals surface area (Å²) in [5.41, 5.74) is 2.42. The molecule has 2 fully saturated rings. The van der Waals surface area contributed by atoms with Gasteiger partial charge < -0.3 is 14.9 Å². The molecule has 2 aliphatic rings. The van der Waals surface area contributed by atoms with Gasteiger partial charge in [-0.3, -0.25) is 23.9 Å². The number of nitrogens with one attached hydrogen (secondary N) is 1. The number of imidazole rings is 1. The second-order valence-electron chi connectivity index (χ2n) is 8.55. The topological polar surface area (TPSA) is 120 Å². The molecule has 0 radical (unpaired) electrons. The molecule has 0 bridgehead atoms. The van der Waals surface area contributed by atoms with Gasteiger partial charge in [-0.25, -0.2) is 10.3 Å². The van der Waals surface area contributed by atoms with Gasteiger partial charge in [-0.15, -0.1) is 0 Å². The maximum absolute atomic E-state index is 13.3. The zero-order valence-corrected chi connectivity index (χ0v) is 18.1. The largest absolute Gasteiger partial charge is 0.493 e. The second kappa shape index (κ2) is 9.07. The highest BCUT2D eigenvalue weighted by Crippen LogP contribution is 2.39. The minimum Gasteiger partial charge on any atom is -0.493 e. The van der Waals surface area contributed by atoms with Gasteiger partial charge in [0.25, 0.3) is 0 Å². The minimum atomic E-state index is -0.787. The molecule has 1 aliphatic heterocycles. The highest BCUT2D eigenvalue weighted by atomic mass is 16.5. The summed E-state index contributed by atoms with van der Waals surface area (Å²) in [7, 11) is 1.54. The highest BCUT2D eigenvalue weighted by Gasteiger charge is 2.42. The Balaban J connectivity index is 1.46. The number of rotatable bonds is 4. The number of anilines is 1. The molecule has 1 saturated heterocycles. The molecule has 2 heterocycles. The van der Waals surface area contributed by atoms with E-state index in [-0.39, 0.29) is 23.9 Å². The fraction of sp³-hybridized carbons (Fsp3) is 0.500. The Hall–Kier alpha value is -3.27. The van der Waals surface area contributed by atoms with Gasteiger partial charge in [-0.2, -0.15) is 0 Å². The summed E-state index contributed by atoms with van der Waals surface area (Å²) < 4.78 is 2.54. The molecule has 3 N–H and O–H groups in total. The van der Waals surface area contributed by atoms with E-state index in [1.54, 1.807) is 17.4 Å². The average Bonchev–Trinajstić information content (AvgIpc) is 3.09. The monoisotopic (exact) mass is 443 g/mol. The van der Waals surface area contributed by atoms with E-state index in [0.29, 0.717) is 39.0 Å². The van der Waals surface area contributed by atoms with Crippen molar-refractivity contribution >= 4 is 17.5 Å². The quantitative estimate of drug-likeness (QED) is 0.473. The van der Waals surface area contributed by atoms with Crippen LogP contribution in [-0.2, 0) is 16.6 Å². The summed E-state index contributed by atoms with van der Waals surface area (Å²) in [4.78, 5) is 42.2. The van der Waals surface area contributed by atoms with E-state index in [0.717, 1.165) is 5.69 Å². The smallest absolute Gasteiger partial charge is 0.331 e. The number of aryl methyl sites for hydroxylation is 1. The number of nitrogens with zero attached hydrogens (tertiary/aromatic N) is 4. The molecule has 3 atom stereocenters. The van der Waals surface area contributed by atoms with Crippen LogP contribution in [0.4, 0.5) is 5.69 Å². The van der Waals surface area contributed by atoms with Gasteiger partial charge in [0.1, 0.15) is 0 Å². The number of benzene rings is 1. The molecule has 1 aromatic carbocycles. The van der Waals surface area contributed by atoms with Gasteiger partial charge in [-0.05, 0) is 31.4 Å². The molecule has 0 spiro atoms. The van der Waals surface area contributed by atoms with Crippen LogP contribution >= 0.6 is 0 Å². The minimum absolute atomic E-state index is 0.102. The summed E-state index contributed by atoms with van der Waals surface area (Å²) in [6.07, 6.45) is 2.38. The standard InChI is InChI=1S/C22H29N5O5/c1-24-14-19(28)27(22(24)31)16-7-8-17(18(13-16)20(29)23-32)21(30)26-11-9-25(10-12-26)15-5-3-2-4-6-15/h2-6,14,16-18,28,32H,7-13H2,1H3,(H,23,29)/t16-,17+,18+/m1/s1. The van der Waals surface area contributed by atoms with Gasteiger partial charge in [0.05, 0.1) is 12.1 Å². The van der Waals surface area contributed by atoms with E-state index in [1.165, 1.54) is 15.3 Å². The number of aromatic hydroxyl groups is 1. The zero-order chi connectivity index (χ0) is 22.8. The van der Waals surface area contributed by atoms with Crippen LogP contribution in [0.15, 0.2) is 41.3 Å². The lowest BCUT2D eigenvalue weighted by Gasteiger charge is -2.40. The van der Waals surface area contributed by atoms with Crippen molar-refractivity contribution in [3.63, 3.8) is 0 Å². The lowest BCUT2D eigenvalue weighted by atomic mass is 9.75. The average molecular weight is 444 g/mol. The van der Waals surface area contributed by atoms with Crippen molar-refractivity contribution in [2.24, 2.45) is 18.9 Å². The van der Waals surface area contributed by atoms with Crippen LogP contribution < -0.4 is 16.1 Å². The molecule has 1 aromatic heterocycles. The fourth-order valence-electron chi connectivity index (χ4n) is 5.01. The van der Waals surface area contributed by atoms with Crippen LogP contribution in [0.2, 0.25) is 0 Å². The molecule has 0 unspecified atom stereocenters. The van der Waals surface area contributed by atoms with Gasteiger partial charge in [0.15, 0.2) is 0 Å². The normalized spacial score (nSPS) is 23.8. The summed E-state index contributed by atoms with van der Waals surface area (Å²) in [5, 5.41) is 19.4. The van der Waals surface area contributed by atoms with Crippen molar-refractivity contribution < 1.29 is 19.9 Å². The lowest BCUT2D eigenvalue weighted by molar-refractivity contribution is -0.148. The van der Waals surface area contributed by atoms with Gasteiger partial charge in [-0.1, -0.05) is 18.2 Å². The van der Waals surface area contributed by atoms with E-state index >= 15 is 0 Å². The second-order valence-corrected chi connectivity index (χ2v) is 8.55. The SMILES string of the molecule is Cn1cc(O)n([C@@H]2CC[C@H](C(=O)N3CCN(c4ccccc4)CC3)[C@@H](C(=O)NO)C2)c1=O. The Morgan fingerprint density at radius 1 is 1.03 bits per heavy atom. The van der Waals surface area contributed by atoms with Gasteiger partial charge in [0.2, 0.25) is 17.7 Å². The van der Waals surface area contributed by atoms with Crippen LogP contribution in [0.25, 0.3) is 0 Å². The van der Waals surface area contributed by atoms with Gasteiger partial charge in [0, 0.05) is 50.9 Å². The molecule has 2 amide bonds. The zero-order valence-electron chi connectivity index (χ0n) is 18.1. The summed E-state index contributed by atoms with van der Waals surface area (Å²) in [6.45, 7) is 2.52. The maximum atomic E-state index is 13.3. The molecular weight excluding hydrogens is 414 g/mol. The van der Waals surface area contributed by atoms with Crippen LogP contribution in [0.3, 0.4) is 0 Å². The number of piperazine rings is 1. The van der Waals surface area contributed by atoms with E-state index in [9.17, 15) is 24.7 Å². The third-order valence-corrected chi connectivity index (χ3v) is 6.73. The number of carbonyl (C=O) groups is 2. The van der Waals surface area contributed by atoms with Crippen molar-refractivity contribution in [2.75, 3.05) is 31.1 Å². The Kier molecular flexibility index (Phi) is 6.22. The molecule has 10 nitrogen and oxygen atoms in total. The molecule has 4 rings (SSSR count). The van der Waals surface area contributed by atoms with Crippen molar-refractivity contribution in [1.82, 2.24) is 19.5 Å². The van der Waals surface area contributed by atoms with Crippen LogP contribution in [-0.4, -0.2) is 62.3 Å². The van der Waals surface area contributed by atoms with E-state index in [1.807, 2.05) is 30.3 Å². The molecule has 1 aliphatic carbocycles. The number of hydrogen-bond acceptors (Lipinski definition) is 6. The Morgan fingerprint density at radius 2 is 1.72 bits per heavy atom. The first kappa shape index (κ1) is 21.9. The first-order valence-electron chi connectivity index (χ1n) is 10.9. The lowest BCUT2D eigenvalue weighted by Crippen LogP contribution is -2.53. The molecule has 2 aromatic rings. The number of hydrogen-bond donors (Lipinski definition) is 3. The van der Waals surface area contributed by atoms with Crippen LogP contribution in [0, 0.1) is 11.8 Å². The number of amides is 2. The van der Waals surface area contributed by atoms with E-state index in [4.69, 9.17) is 0 Å². The summed E-state index contributed by atoms with van der Waals surface area (Å²) in [6, 6.07) is 9.60. The predicted molar refractivity (Wildman–Crippen MR) is 116 cm³/mol. The first-order valence-corrected chi connectivity index (χ1v) is 10.9. The molecule has 10 heteroatoms.